The smallest absolute Gasteiger partial charge is 0.307 e. The third kappa shape index (κ3) is 1.64. The quantitative estimate of drug-likeness (QED) is 0.692. The molecule has 1 heterocycles. The summed E-state index contributed by atoms with van der Waals surface area (Å²) in [5.41, 5.74) is 0.457. The van der Waals surface area contributed by atoms with Crippen molar-refractivity contribution < 1.29 is 0 Å². The maximum Gasteiger partial charge on any atom is 0.326 e. The molecule has 14 heavy (non-hydrogen) atoms. The monoisotopic (exact) mass is 188 g/mol. The van der Waals surface area contributed by atoms with E-state index in [0.717, 1.165) is 5.56 Å². The Hall–Kier alpha value is -2.10. The van der Waals surface area contributed by atoms with Gasteiger partial charge in [0, 0.05) is 6.07 Å². The second-order valence-electron chi connectivity index (χ2n) is 2.87. The summed E-state index contributed by atoms with van der Waals surface area (Å²) in [4.78, 5) is 26.6. The fraction of sp³-hybridized carbons (Fsp3) is 0. The first-order chi connectivity index (χ1) is 6.75. The van der Waals surface area contributed by atoms with E-state index in [-0.39, 0.29) is 0 Å². The van der Waals surface area contributed by atoms with E-state index < -0.39 is 11.2 Å². The highest BCUT2D eigenvalue weighted by Crippen LogP contribution is 2.11. The first-order valence-electron chi connectivity index (χ1n) is 4.15. The number of H-pyrrole nitrogens is 2. The fourth-order valence-electron chi connectivity index (χ4n) is 1.24. The van der Waals surface area contributed by atoms with Crippen LogP contribution in [-0.2, 0) is 0 Å². The van der Waals surface area contributed by atoms with Crippen LogP contribution >= 0.6 is 0 Å². The van der Waals surface area contributed by atoms with Crippen molar-refractivity contribution in [1.82, 2.24) is 9.97 Å². The number of benzene rings is 1. The minimum atomic E-state index is -0.489. The molecule has 0 bridgehead atoms. The van der Waals surface area contributed by atoms with Gasteiger partial charge in [0.15, 0.2) is 0 Å². The largest absolute Gasteiger partial charge is 0.326 e. The molecule has 0 saturated heterocycles. The van der Waals surface area contributed by atoms with Crippen molar-refractivity contribution in [3.05, 3.63) is 57.2 Å². The Morgan fingerprint density at radius 2 is 1.64 bits per heavy atom. The van der Waals surface area contributed by atoms with Gasteiger partial charge in [-0.15, -0.1) is 0 Å². The minimum Gasteiger partial charge on any atom is -0.307 e. The molecule has 1 aromatic heterocycles. The lowest BCUT2D eigenvalue weighted by Crippen LogP contribution is -2.21. The highest BCUT2D eigenvalue weighted by molar-refractivity contribution is 5.57. The van der Waals surface area contributed by atoms with Crippen molar-refractivity contribution in [2.75, 3.05) is 0 Å². The Kier molecular flexibility index (Phi) is 2.02. The molecule has 2 aromatic rings. The third-order valence-electron chi connectivity index (χ3n) is 1.85. The van der Waals surface area contributed by atoms with Gasteiger partial charge < -0.3 is 4.98 Å². The summed E-state index contributed by atoms with van der Waals surface area (Å²) in [5, 5.41) is 0. The van der Waals surface area contributed by atoms with Crippen LogP contribution in [-0.4, -0.2) is 9.97 Å². The SMILES string of the molecule is O=c1cc(-c2ccccc2)[nH]c(=O)[nH]1. The Bertz CT molecular complexity index is 512. The maximum atomic E-state index is 11.0. The minimum absolute atomic E-state index is 0.396. The third-order valence-corrected chi connectivity index (χ3v) is 1.85. The van der Waals surface area contributed by atoms with Gasteiger partial charge in [-0.25, -0.2) is 4.79 Å². The summed E-state index contributed by atoms with van der Waals surface area (Å²) in [6.07, 6.45) is 0. The van der Waals surface area contributed by atoms with Crippen LogP contribution in [0.3, 0.4) is 0 Å². The summed E-state index contributed by atoms with van der Waals surface area (Å²) >= 11 is 0. The number of aromatic amines is 2. The molecule has 2 rings (SSSR count). The van der Waals surface area contributed by atoms with Gasteiger partial charge in [-0.1, -0.05) is 30.3 Å². The van der Waals surface area contributed by atoms with Crippen molar-refractivity contribution >= 4 is 0 Å². The molecular weight excluding hydrogens is 180 g/mol. The predicted molar refractivity (Wildman–Crippen MR) is 53.1 cm³/mol. The van der Waals surface area contributed by atoms with Crippen LogP contribution in [0.2, 0.25) is 0 Å². The van der Waals surface area contributed by atoms with Crippen LogP contribution in [0.15, 0.2) is 46.0 Å². The molecule has 0 fully saturated rings. The first kappa shape index (κ1) is 8.50. The highest BCUT2D eigenvalue weighted by atomic mass is 16.2. The molecule has 0 aliphatic carbocycles. The zero-order chi connectivity index (χ0) is 9.97. The number of nitrogens with one attached hydrogen (secondary N) is 2. The van der Waals surface area contributed by atoms with Gasteiger partial charge in [0.05, 0.1) is 5.69 Å². The number of rotatable bonds is 1. The van der Waals surface area contributed by atoms with Crippen LogP contribution in [0.4, 0.5) is 0 Å². The Morgan fingerprint density at radius 3 is 2.29 bits per heavy atom. The lowest BCUT2D eigenvalue weighted by molar-refractivity contribution is 1.04. The highest BCUT2D eigenvalue weighted by Gasteiger charge is 1.98. The molecule has 2 N–H and O–H groups in total. The predicted octanol–water partition coefficient (Wildman–Crippen LogP) is 0.730. The van der Waals surface area contributed by atoms with Crippen molar-refractivity contribution in [1.29, 1.82) is 0 Å². The average molecular weight is 188 g/mol. The number of hydrogen-bond acceptors (Lipinski definition) is 2. The van der Waals surface area contributed by atoms with Crippen LogP contribution < -0.4 is 11.2 Å². The van der Waals surface area contributed by atoms with Crippen molar-refractivity contribution in [3.63, 3.8) is 0 Å². The number of hydrogen-bond donors (Lipinski definition) is 2. The molecule has 4 heteroatoms. The van der Waals surface area contributed by atoms with Crippen LogP contribution in [0.5, 0.6) is 0 Å². The molecule has 0 spiro atoms. The summed E-state index contributed by atoms with van der Waals surface area (Å²) in [6.45, 7) is 0. The Labute approximate surface area is 79.3 Å². The molecule has 0 atom stereocenters. The lowest BCUT2D eigenvalue weighted by Gasteiger charge is -1.98. The van der Waals surface area contributed by atoms with Gasteiger partial charge in [-0.3, -0.25) is 9.78 Å². The molecule has 0 unspecified atom stereocenters. The molecule has 0 radical (unpaired) electrons. The van der Waals surface area contributed by atoms with Gasteiger partial charge in [0.1, 0.15) is 0 Å². The van der Waals surface area contributed by atoms with E-state index >= 15 is 0 Å². The van der Waals surface area contributed by atoms with E-state index in [2.05, 4.69) is 9.97 Å². The second kappa shape index (κ2) is 3.33. The van der Waals surface area contributed by atoms with E-state index in [1.807, 2.05) is 30.3 Å². The molecule has 0 aliphatic heterocycles. The lowest BCUT2D eigenvalue weighted by atomic mass is 10.1. The van der Waals surface area contributed by atoms with E-state index in [1.165, 1.54) is 6.07 Å². The Morgan fingerprint density at radius 1 is 0.929 bits per heavy atom. The summed E-state index contributed by atoms with van der Waals surface area (Å²) in [5.74, 6) is 0. The van der Waals surface area contributed by atoms with E-state index in [4.69, 9.17) is 0 Å². The zero-order valence-corrected chi connectivity index (χ0v) is 7.28. The van der Waals surface area contributed by atoms with E-state index in [9.17, 15) is 9.59 Å². The molecule has 0 saturated carbocycles. The molecule has 0 amide bonds. The van der Waals surface area contributed by atoms with Crippen LogP contribution in [0.25, 0.3) is 11.3 Å². The maximum absolute atomic E-state index is 11.0. The van der Waals surface area contributed by atoms with Gasteiger partial charge in [0.25, 0.3) is 5.56 Å². The van der Waals surface area contributed by atoms with Crippen LogP contribution in [0.1, 0.15) is 0 Å². The number of aromatic nitrogens is 2. The molecule has 1 aromatic carbocycles. The van der Waals surface area contributed by atoms with Crippen molar-refractivity contribution in [2.45, 2.75) is 0 Å². The molecule has 4 nitrogen and oxygen atoms in total. The molecular formula is C10H8N2O2. The second-order valence-corrected chi connectivity index (χ2v) is 2.87. The normalized spacial score (nSPS) is 10.0. The first-order valence-corrected chi connectivity index (χ1v) is 4.15. The van der Waals surface area contributed by atoms with Gasteiger partial charge in [-0.05, 0) is 5.56 Å². The van der Waals surface area contributed by atoms with Crippen molar-refractivity contribution in [3.8, 4) is 11.3 Å². The topological polar surface area (TPSA) is 65.7 Å². The standard InChI is InChI=1S/C10H8N2O2/c13-9-6-8(11-10(14)12-9)7-4-2-1-3-5-7/h1-6H,(H2,11,12,13,14). The summed E-state index contributed by atoms with van der Waals surface area (Å²) in [6, 6.07) is 10.6. The van der Waals surface area contributed by atoms with Crippen molar-refractivity contribution in [2.24, 2.45) is 0 Å². The summed E-state index contributed by atoms with van der Waals surface area (Å²) in [7, 11) is 0. The van der Waals surface area contributed by atoms with Gasteiger partial charge >= 0.3 is 5.69 Å². The van der Waals surface area contributed by atoms with Gasteiger partial charge in [0.2, 0.25) is 0 Å². The summed E-state index contributed by atoms with van der Waals surface area (Å²) < 4.78 is 0. The zero-order valence-electron chi connectivity index (χ0n) is 7.28. The van der Waals surface area contributed by atoms with E-state index in [0.29, 0.717) is 5.69 Å². The van der Waals surface area contributed by atoms with Gasteiger partial charge in [-0.2, -0.15) is 0 Å². The molecule has 70 valence electrons. The van der Waals surface area contributed by atoms with E-state index in [1.54, 1.807) is 0 Å². The fourth-order valence-corrected chi connectivity index (χ4v) is 1.24. The Balaban J connectivity index is 2.64. The average Bonchev–Trinajstić information content (AvgIpc) is 2.18. The molecule has 0 aliphatic rings. The van der Waals surface area contributed by atoms with Crippen LogP contribution in [0, 0.1) is 0 Å².